The second-order valence-electron chi connectivity index (χ2n) is 7.90. The molecule has 2 aromatic carbocycles. The minimum atomic E-state index is -3.23. The van der Waals surface area contributed by atoms with E-state index in [1.54, 1.807) is 29.2 Å². The number of hydrogen-bond donors (Lipinski definition) is 1. The smallest absolute Gasteiger partial charge is 0.284 e. The molecule has 1 saturated carbocycles. The molecule has 2 aromatic rings. The third kappa shape index (κ3) is 3.65. The number of nitrogens with one attached hydrogen (secondary N) is 1. The minimum absolute atomic E-state index is 0.0247. The lowest BCUT2D eigenvalue weighted by molar-refractivity contribution is -0.151. The van der Waals surface area contributed by atoms with Crippen LogP contribution in [0.5, 0.6) is 0 Å². The van der Waals surface area contributed by atoms with Crippen LogP contribution >= 0.6 is 11.6 Å². The second-order valence-corrected chi connectivity index (χ2v) is 8.33. The highest BCUT2D eigenvalue weighted by Crippen LogP contribution is 2.41. The second kappa shape index (κ2) is 7.12. The van der Waals surface area contributed by atoms with Gasteiger partial charge in [-0.15, -0.1) is 0 Å². The summed E-state index contributed by atoms with van der Waals surface area (Å²) in [5.74, 6) is -5.10. The number of carbonyl (C=O) groups is 1. The molecule has 28 heavy (non-hydrogen) atoms. The molecule has 0 unspecified atom stereocenters. The highest BCUT2D eigenvalue weighted by Gasteiger charge is 2.50. The van der Waals surface area contributed by atoms with Crippen LogP contribution in [0.3, 0.4) is 0 Å². The number of carbonyl (C=O) groups excluding carboxylic acids is 1. The van der Waals surface area contributed by atoms with E-state index < -0.39 is 17.7 Å². The molecule has 0 radical (unpaired) electrons. The third-order valence-corrected chi connectivity index (χ3v) is 6.15. The number of piperazine rings is 1. The summed E-state index contributed by atoms with van der Waals surface area (Å²) < 4.78 is 30.1. The molecule has 1 N–H and O–H groups in total. The lowest BCUT2D eigenvalue weighted by Gasteiger charge is -2.37. The molecule has 1 atom stereocenters. The van der Waals surface area contributed by atoms with Crippen LogP contribution in [-0.2, 0) is 10.7 Å². The Kier molecular flexibility index (Phi) is 4.92. The van der Waals surface area contributed by atoms with Crippen molar-refractivity contribution < 1.29 is 13.6 Å². The molecule has 2 fully saturated rings. The highest BCUT2D eigenvalue weighted by molar-refractivity contribution is 6.30. The number of hydrogen-bond acceptors (Lipinski definition) is 2. The fourth-order valence-electron chi connectivity index (χ4n) is 3.84. The molecule has 1 spiro atoms. The van der Waals surface area contributed by atoms with Crippen LogP contribution in [0.1, 0.15) is 25.3 Å². The van der Waals surface area contributed by atoms with E-state index in [-0.39, 0.29) is 11.1 Å². The largest absolute Gasteiger partial charge is 0.339 e. The maximum atomic E-state index is 15.1. The SMILES string of the molecule is C[C@@H](C(=O)N1CCNC2(CC2)C1)C(F)(F)c1ccc(-c2ccc(Cl)cc2)cc1. The molecular weight excluding hydrogens is 382 g/mol. The molecule has 4 rings (SSSR count). The molecule has 1 heterocycles. The first-order valence-electron chi connectivity index (χ1n) is 9.59. The molecule has 148 valence electrons. The summed E-state index contributed by atoms with van der Waals surface area (Å²) in [5, 5.41) is 4.02. The molecule has 1 aliphatic heterocycles. The van der Waals surface area contributed by atoms with Gasteiger partial charge in [0.25, 0.3) is 5.92 Å². The third-order valence-electron chi connectivity index (χ3n) is 5.90. The monoisotopic (exact) mass is 404 g/mol. The van der Waals surface area contributed by atoms with E-state index in [4.69, 9.17) is 11.6 Å². The summed E-state index contributed by atoms with van der Waals surface area (Å²) in [5.41, 5.74) is 1.57. The number of alkyl halides is 2. The van der Waals surface area contributed by atoms with Crippen molar-refractivity contribution in [3.05, 3.63) is 59.1 Å². The quantitative estimate of drug-likeness (QED) is 0.801. The fourth-order valence-corrected chi connectivity index (χ4v) is 3.96. The van der Waals surface area contributed by atoms with Crippen molar-refractivity contribution in [1.82, 2.24) is 10.2 Å². The van der Waals surface area contributed by atoms with E-state index in [0.717, 1.165) is 24.0 Å². The first-order valence-corrected chi connectivity index (χ1v) is 9.97. The summed E-state index contributed by atoms with van der Waals surface area (Å²) in [6.07, 6.45) is 2.02. The van der Waals surface area contributed by atoms with Crippen LogP contribution < -0.4 is 5.32 Å². The van der Waals surface area contributed by atoms with Crippen LogP contribution in [0.25, 0.3) is 11.1 Å². The zero-order chi connectivity index (χ0) is 19.9. The Morgan fingerprint density at radius 3 is 2.25 bits per heavy atom. The summed E-state index contributed by atoms with van der Waals surface area (Å²) in [7, 11) is 0. The summed E-state index contributed by atoms with van der Waals surface area (Å²) in [4.78, 5) is 14.4. The Morgan fingerprint density at radius 1 is 1.11 bits per heavy atom. The van der Waals surface area contributed by atoms with Crippen molar-refractivity contribution in [3.8, 4) is 11.1 Å². The van der Waals surface area contributed by atoms with E-state index >= 15 is 8.78 Å². The molecule has 1 aliphatic carbocycles. The van der Waals surface area contributed by atoms with Gasteiger partial charge in [-0.1, -0.05) is 48.0 Å². The van der Waals surface area contributed by atoms with E-state index in [0.29, 0.717) is 24.7 Å². The predicted molar refractivity (Wildman–Crippen MR) is 106 cm³/mol. The van der Waals surface area contributed by atoms with Crippen molar-refractivity contribution in [2.24, 2.45) is 5.92 Å². The Morgan fingerprint density at radius 2 is 1.68 bits per heavy atom. The zero-order valence-corrected chi connectivity index (χ0v) is 16.5. The standard InChI is InChI=1S/C22H23ClF2N2O/c1-15(20(28)27-13-12-26-21(14-27)10-11-21)22(24,25)18-6-2-16(3-7-18)17-4-8-19(23)9-5-17/h2-9,15,26H,10-14H2,1H3/t15-/m0/s1. The highest BCUT2D eigenvalue weighted by atomic mass is 35.5. The van der Waals surface area contributed by atoms with Gasteiger partial charge < -0.3 is 10.2 Å². The van der Waals surface area contributed by atoms with Gasteiger partial charge in [0.05, 0.1) is 0 Å². The number of halogens is 3. The number of amides is 1. The molecule has 3 nitrogen and oxygen atoms in total. The minimum Gasteiger partial charge on any atom is -0.339 e. The summed E-state index contributed by atoms with van der Waals surface area (Å²) >= 11 is 5.90. The van der Waals surface area contributed by atoms with Crippen LogP contribution in [0.2, 0.25) is 5.02 Å². The van der Waals surface area contributed by atoms with Gasteiger partial charge in [0, 0.05) is 35.8 Å². The number of rotatable bonds is 4. The lowest BCUT2D eigenvalue weighted by Crippen LogP contribution is -2.56. The Bertz CT molecular complexity index is 863. The first-order chi connectivity index (χ1) is 13.3. The van der Waals surface area contributed by atoms with Crippen molar-refractivity contribution >= 4 is 17.5 Å². The van der Waals surface area contributed by atoms with E-state index in [1.807, 2.05) is 12.1 Å². The normalized spacial score (nSPS) is 19.5. The van der Waals surface area contributed by atoms with Crippen molar-refractivity contribution in [1.29, 1.82) is 0 Å². The van der Waals surface area contributed by atoms with E-state index in [9.17, 15) is 4.79 Å². The molecule has 2 aliphatic rings. The van der Waals surface area contributed by atoms with E-state index in [1.165, 1.54) is 19.1 Å². The van der Waals surface area contributed by atoms with Crippen LogP contribution in [-0.4, -0.2) is 36.0 Å². The van der Waals surface area contributed by atoms with E-state index in [2.05, 4.69) is 5.32 Å². The topological polar surface area (TPSA) is 32.3 Å². The van der Waals surface area contributed by atoms with Gasteiger partial charge in [-0.2, -0.15) is 0 Å². The Hall–Kier alpha value is -1.98. The number of nitrogens with zero attached hydrogens (tertiary/aromatic N) is 1. The molecule has 1 saturated heterocycles. The molecule has 0 bridgehead atoms. The average molecular weight is 405 g/mol. The van der Waals surface area contributed by atoms with Gasteiger partial charge in [-0.25, -0.2) is 8.78 Å². The molecular formula is C22H23ClF2N2O. The fraction of sp³-hybridized carbons (Fsp3) is 0.409. The lowest BCUT2D eigenvalue weighted by atomic mass is 9.92. The average Bonchev–Trinajstić information content (AvgIpc) is 3.45. The first kappa shape index (κ1) is 19.3. The van der Waals surface area contributed by atoms with Gasteiger partial charge in [0.15, 0.2) is 0 Å². The van der Waals surface area contributed by atoms with Gasteiger partial charge in [0.1, 0.15) is 5.92 Å². The van der Waals surface area contributed by atoms with Crippen molar-refractivity contribution in [3.63, 3.8) is 0 Å². The predicted octanol–water partition coefficient (Wildman–Crippen LogP) is 4.70. The number of benzene rings is 2. The maximum absolute atomic E-state index is 15.1. The summed E-state index contributed by atoms with van der Waals surface area (Å²) in [6.45, 7) is 3.01. The summed E-state index contributed by atoms with van der Waals surface area (Å²) in [6, 6.07) is 13.4. The van der Waals surface area contributed by atoms with Crippen LogP contribution in [0.15, 0.2) is 48.5 Å². The molecule has 6 heteroatoms. The van der Waals surface area contributed by atoms with Crippen LogP contribution in [0, 0.1) is 5.92 Å². The zero-order valence-electron chi connectivity index (χ0n) is 15.7. The Labute approximate surface area is 168 Å². The van der Waals surface area contributed by atoms with Crippen LogP contribution in [0.4, 0.5) is 8.78 Å². The van der Waals surface area contributed by atoms with Gasteiger partial charge >= 0.3 is 0 Å². The molecule has 1 amide bonds. The van der Waals surface area contributed by atoms with Gasteiger partial charge in [-0.3, -0.25) is 4.79 Å². The van der Waals surface area contributed by atoms with Crippen molar-refractivity contribution in [2.75, 3.05) is 19.6 Å². The Balaban J connectivity index is 1.50. The maximum Gasteiger partial charge on any atom is 0.284 e. The molecule has 0 aromatic heterocycles. The van der Waals surface area contributed by atoms with Gasteiger partial charge in [-0.05, 0) is 43.0 Å². The van der Waals surface area contributed by atoms with Crippen molar-refractivity contribution in [2.45, 2.75) is 31.2 Å². The van der Waals surface area contributed by atoms with Gasteiger partial charge in [0.2, 0.25) is 5.91 Å².